The van der Waals surface area contributed by atoms with Crippen molar-refractivity contribution in [1.29, 1.82) is 0 Å². The van der Waals surface area contributed by atoms with Gasteiger partial charge in [0.05, 0.1) is 10.5 Å². The lowest BCUT2D eigenvalue weighted by Gasteiger charge is -2.11. The summed E-state index contributed by atoms with van der Waals surface area (Å²) in [7, 11) is -4.05. The fourth-order valence-corrected chi connectivity index (χ4v) is 2.83. The third kappa shape index (κ3) is 3.39. The Morgan fingerprint density at radius 1 is 1.14 bits per heavy atom. The zero-order valence-corrected chi connectivity index (χ0v) is 11.8. The number of hydrogen-bond donors (Lipinski definition) is 3. The number of nitrogens with two attached hydrogens (primary N) is 2. The molecule has 0 bridgehead atoms. The van der Waals surface area contributed by atoms with Crippen LogP contribution >= 0.6 is 0 Å². The summed E-state index contributed by atoms with van der Waals surface area (Å²) in [6, 6.07) is 11.5. The lowest BCUT2D eigenvalue weighted by atomic mass is 10.0. The highest BCUT2D eigenvalue weighted by molar-refractivity contribution is 7.89. The summed E-state index contributed by atoms with van der Waals surface area (Å²) < 4.78 is 23.3. The van der Waals surface area contributed by atoms with Gasteiger partial charge >= 0.3 is 5.97 Å². The van der Waals surface area contributed by atoms with E-state index in [1.54, 1.807) is 0 Å². The van der Waals surface area contributed by atoms with Crippen molar-refractivity contribution < 1.29 is 18.3 Å². The second-order valence-electron chi connectivity index (χ2n) is 4.56. The Hall–Kier alpha value is -2.38. The van der Waals surface area contributed by atoms with Crippen LogP contribution in [-0.4, -0.2) is 19.5 Å². The smallest absolute Gasteiger partial charge is 0.337 e. The van der Waals surface area contributed by atoms with Crippen LogP contribution in [0, 0.1) is 0 Å². The van der Waals surface area contributed by atoms with Crippen LogP contribution in [0.15, 0.2) is 47.4 Å². The molecular weight excluding hydrogens is 292 g/mol. The molecule has 2 rings (SSSR count). The molecule has 6 nitrogen and oxygen atoms in total. The molecule has 0 radical (unpaired) electrons. The summed E-state index contributed by atoms with van der Waals surface area (Å²) in [5, 5.41) is 14.2. The number of aromatic carboxylic acids is 1. The van der Waals surface area contributed by atoms with E-state index in [0.717, 1.165) is 11.6 Å². The highest BCUT2D eigenvalue weighted by atomic mass is 32.2. The Kier molecular flexibility index (Phi) is 3.97. The maximum absolute atomic E-state index is 11.7. The SMILES string of the molecule is Nc1cc(Cc2ccccc2)c(S(N)(=O)=O)cc1C(=O)O. The number of carboxylic acids is 1. The van der Waals surface area contributed by atoms with Gasteiger partial charge in [-0.25, -0.2) is 18.4 Å². The van der Waals surface area contributed by atoms with Gasteiger partial charge in [-0.3, -0.25) is 0 Å². The van der Waals surface area contributed by atoms with Crippen LogP contribution in [0.3, 0.4) is 0 Å². The summed E-state index contributed by atoms with van der Waals surface area (Å²) in [5.74, 6) is -1.30. The zero-order valence-electron chi connectivity index (χ0n) is 11.0. The monoisotopic (exact) mass is 306 g/mol. The number of carboxylic acid groups (broad SMARTS) is 1. The first kappa shape index (κ1) is 15.0. The number of sulfonamides is 1. The van der Waals surface area contributed by atoms with E-state index < -0.39 is 16.0 Å². The van der Waals surface area contributed by atoms with Crippen molar-refractivity contribution in [2.24, 2.45) is 5.14 Å². The number of rotatable bonds is 4. The summed E-state index contributed by atoms with van der Waals surface area (Å²) >= 11 is 0. The van der Waals surface area contributed by atoms with Crippen LogP contribution in [0.4, 0.5) is 5.69 Å². The predicted octanol–water partition coefficient (Wildman–Crippen LogP) is 1.21. The van der Waals surface area contributed by atoms with Crippen molar-refractivity contribution in [1.82, 2.24) is 0 Å². The van der Waals surface area contributed by atoms with E-state index in [0.29, 0.717) is 5.56 Å². The Morgan fingerprint density at radius 2 is 1.76 bits per heavy atom. The van der Waals surface area contributed by atoms with Gasteiger partial charge in [-0.15, -0.1) is 0 Å². The summed E-state index contributed by atoms with van der Waals surface area (Å²) in [6.45, 7) is 0. The molecular formula is C14H14N2O4S. The van der Waals surface area contributed by atoms with Gasteiger partial charge < -0.3 is 10.8 Å². The van der Waals surface area contributed by atoms with E-state index in [1.165, 1.54) is 6.07 Å². The molecule has 0 saturated carbocycles. The second-order valence-corrected chi connectivity index (χ2v) is 6.09. The van der Waals surface area contributed by atoms with E-state index in [1.807, 2.05) is 30.3 Å². The summed E-state index contributed by atoms with van der Waals surface area (Å²) in [4.78, 5) is 10.8. The first-order chi connectivity index (χ1) is 9.79. The van der Waals surface area contributed by atoms with Crippen molar-refractivity contribution in [3.63, 3.8) is 0 Å². The number of primary sulfonamides is 1. The van der Waals surface area contributed by atoms with Crippen molar-refractivity contribution in [3.05, 3.63) is 59.2 Å². The van der Waals surface area contributed by atoms with Crippen LogP contribution in [-0.2, 0) is 16.4 Å². The van der Waals surface area contributed by atoms with Gasteiger partial charge in [0, 0.05) is 5.69 Å². The fourth-order valence-electron chi connectivity index (χ4n) is 2.05. The third-order valence-electron chi connectivity index (χ3n) is 3.01. The van der Waals surface area contributed by atoms with Gasteiger partial charge in [-0.2, -0.15) is 0 Å². The van der Waals surface area contributed by atoms with E-state index in [2.05, 4.69) is 0 Å². The molecule has 0 aliphatic heterocycles. The van der Waals surface area contributed by atoms with Gasteiger partial charge in [0.2, 0.25) is 10.0 Å². The highest BCUT2D eigenvalue weighted by Crippen LogP contribution is 2.24. The van der Waals surface area contributed by atoms with E-state index in [-0.39, 0.29) is 22.6 Å². The Bertz CT molecular complexity index is 786. The molecule has 110 valence electrons. The zero-order chi connectivity index (χ0) is 15.6. The van der Waals surface area contributed by atoms with Crippen molar-refractivity contribution in [3.8, 4) is 0 Å². The molecule has 5 N–H and O–H groups in total. The number of hydrogen-bond acceptors (Lipinski definition) is 4. The number of nitrogen functional groups attached to an aromatic ring is 1. The molecule has 0 heterocycles. The molecule has 0 amide bonds. The largest absolute Gasteiger partial charge is 0.478 e. The predicted molar refractivity (Wildman–Crippen MR) is 78.4 cm³/mol. The van der Waals surface area contributed by atoms with Crippen LogP contribution in [0.1, 0.15) is 21.5 Å². The molecule has 0 spiro atoms. The second kappa shape index (κ2) is 5.55. The quantitative estimate of drug-likeness (QED) is 0.732. The van der Waals surface area contributed by atoms with Gasteiger partial charge in [-0.1, -0.05) is 30.3 Å². The summed E-state index contributed by atoms with van der Waals surface area (Å²) in [6.07, 6.45) is 0.288. The molecule has 0 fully saturated rings. The first-order valence-corrected chi connectivity index (χ1v) is 7.56. The normalized spacial score (nSPS) is 11.3. The Morgan fingerprint density at radius 3 is 2.29 bits per heavy atom. The van der Waals surface area contributed by atoms with Gasteiger partial charge in [0.25, 0.3) is 0 Å². The molecule has 0 atom stereocenters. The molecule has 2 aromatic carbocycles. The van der Waals surface area contributed by atoms with Crippen molar-refractivity contribution >= 4 is 21.7 Å². The van der Waals surface area contributed by atoms with E-state index in [9.17, 15) is 13.2 Å². The van der Waals surface area contributed by atoms with E-state index in [4.69, 9.17) is 16.0 Å². The molecule has 0 aliphatic carbocycles. The number of benzene rings is 2. The van der Waals surface area contributed by atoms with Gasteiger partial charge in [0.15, 0.2) is 0 Å². The molecule has 0 aliphatic rings. The Balaban J connectivity index is 2.59. The number of anilines is 1. The van der Waals surface area contributed by atoms with Crippen LogP contribution < -0.4 is 10.9 Å². The molecule has 21 heavy (non-hydrogen) atoms. The Labute approximate surface area is 122 Å². The van der Waals surface area contributed by atoms with Gasteiger partial charge in [-0.05, 0) is 29.7 Å². The maximum atomic E-state index is 11.7. The first-order valence-electron chi connectivity index (χ1n) is 6.01. The minimum Gasteiger partial charge on any atom is -0.478 e. The molecule has 0 saturated heterocycles. The average molecular weight is 306 g/mol. The molecule has 0 unspecified atom stereocenters. The standard InChI is InChI=1S/C14H14N2O4S/c15-12-7-10(6-9-4-2-1-3-5-9)13(21(16,19)20)8-11(12)14(17)18/h1-5,7-8H,6,15H2,(H,17,18)(H2,16,19,20). The molecule has 2 aromatic rings. The molecule has 0 aromatic heterocycles. The third-order valence-corrected chi connectivity index (χ3v) is 4.00. The van der Waals surface area contributed by atoms with Crippen molar-refractivity contribution in [2.75, 3.05) is 5.73 Å². The fraction of sp³-hybridized carbons (Fsp3) is 0.0714. The summed E-state index contributed by atoms with van der Waals surface area (Å²) in [5.41, 5.74) is 6.62. The van der Waals surface area contributed by atoms with Crippen molar-refractivity contribution in [2.45, 2.75) is 11.3 Å². The minimum atomic E-state index is -4.05. The maximum Gasteiger partial charge on any atom is 0.337 e. The van der Waals surface area contributed by atoms with Crippen LogP contribution in [0.5, 0.6) is 0 Å². The van der Waals surface area contributed by atoms with Crippen LogP contribution in [0.2, 0.25) is 0 Å². The van der Waals surface area contributed by atoms with E-state index >= 15 is 0 Å². The highest BCUT2D eigenvalue weighted by Gasteiger charge is 2.20. The minimum absolute atomic E-state index is 0.000770. The average Bonchev–Trinajstić information content (AvgIpc) is 2.38. The number of carbonyl (C=O) groups is 1. The topological polar surface area (TPSA) is 123 Å². The molecule has 7 heteroatoms. The lowest BCUT2D eigenvalue weighted by Crippen LogP contribution is -2.17. The lowest BCUT2D eigenvalue weighted by molar-refractivity contribution is 0.0698. The van der Waals surface area contributed by atoms with Crippen LogP contribution in [0.25, 0.3) is 0 Å². The van der Waals surface area contributed by atoms with Gasteiger partial charge in [0.1, 0.15) is 0 Å².